The van der Waals surface area contributed by atoms with Crippen LogP contribution in [0.25, 0.3) is 0 Å². The molecule has 1 N–H and O–H groups in total. The highest BCUT2D eigenvalue weighted by Crippen LogP contribution is 2.10. The summed E-state index contributed by atoms with van der Waals surface area (Å²) in [6, 6.07) is 12.7. The Labute approximate surface area is 135 Å². The topological polar surface area (TPSA) is 55.4 Å². The summed E-state index contributed by atoms with van der Waals surface area (Å²) in [5.41, 5.74) is 0.722. The van der Waals surface area contributed by atoms with Gasteiger partial charge in [-0.3, -0.25) is 9.59 Å². The molecule has 0 unspecified atom stereocenters. The second kappa shape index (κ2) is 7.70. The highest BCUT2D eigenvalue weighted by atomic mass is 79.9. The molecule has 22 heavy (non-hydrogen) atoms. The standard InChI is InChI=1S/C16H13BrFNO3/c17-13-7-5-11(6-8-13)16(21)19-9-15(20)22-10-12-3-1-2-4-14(12)18/h1-8H,9-10H2,(H,19,21). The number of hydrogen-bond acceptors (Lipinski definition) is 3. The Morgan fingerprint density at radius 3 is 2.45 bits per heavy atom. The third kappa shape index (κ3) is 4.66. The summed E-state index contributed by atoms with van der Waals surface area (Å²) in [4.78, 5) is 23.3. The van der Waals surface area contributed by atoms with Gasteiger partial charge < -0.3 is 10.1 Å². The van der Waals surface area contributed by atoms with Crippen molar-refractivity contribution in [3.8, 4) is 0 Å². The second-order valence-corrected chi connectivity index (χ2v) is 5.36. The smallest absolute Gasteiger partial charge is 0.325 e. The molecule has 1 amide bonds. The Morgan fingerprint density at radius 1 is 1.09 bits per heavy atom. The van der Waals surface area contributed by atoms with E-state index in [1.165, 1.54) is 12.1 Å². The predicted molar refractivity (Wildman–Crippen MR) is 82.7 cm³/mol. The molecule has 0 aromatic heterocycles. The van der Waals surface area contributed by atoms with E-state index in [1.54, 1.807) is 36.4 Å². The largest absolute Gasteiger partial charge is 0.459 e. The predicted octanol–water partition coefficient (Wildman–Crippen LogP) is 3.06. The minimum atomic E-state index is -0.631. The zero-order chi connectivity index (χ0) is 15.9. The molecular formula is C16H13BrFNO3. The Balaban J connectivity index is 1.79. The van der Waals surface area contributed by atoms with E-state index in [-0.39, 0.29) is 24.6 Å². The fraction of sp³-hybridized carbons (Fsp3) is 0.125. The van der Waals surface area contributed by atoms with E-state index in [2.05, 4.69) is 21.2 Å². The first kappa shape index (κ1) is 16.2. The normalized spacial score (nSPS) is 10.1. The molecule has 0 saturated carbocycles. The molecule has 0 aliphatic carbocycles. The van der Waals surface area contributed by atoms with E-state index < -0.39 is 11.8 Å². The summed E-state index contributed by atoms with van der Waals surface area (Å²) < 4.78 is 19.1. The van der Waals surface area contributed by atoms with Crippen molar-refractivity contribution in [3.63, 3.8) is 0 Å². The SMILES string of the molecule is O=C(CNC(=O)c1ccc(Br)cc1)OCc1ccccc1F. The van der Waals surface area contributed by atoms with E-state index >= 15 is 0 Å². The number of carbonyl (C=O) groups is 2. The van der Waals surface area contributed by atoms with Gasteiger partial charge >= 0.3 is 5.97 Å². The van der Waals surface area contributed by atoms with E-state index in [0.717, 1.165) is 4.47 Å². The molecule has 0 spiro atoms. The van der Waals surface area contributed by atoms with Crippen molar-refractivity contribution in [1.29, 1.82) is 0 Å². The first-order valence-corrected chi connectivity index (χ1v) is 7.28. The minimum absolute atomic E-state index is 0.167. The van der Waals surface area contributed by atoms with Crippen LogP contribution in [0.4, 0.5) is 4.39 Å². The monoisotopic (exact) mass is 365 g/mol. The van der Waals surface area contributed by atoms with Crippen molar-refractivity contribution in [2.45, 2.75) is 6.61 Å². The molecule has 0 aliphatic rings. The van der Waals surface area contributed by atoms with Crippen LogP contribution in [-0.2, 0) is 16.1 Å². The average Bonchev–Trinajstić information content (AvgIpc) is 2.52. The van der Waals surface area contributed by atoms with Gasteiger partial charge in [-0.15, -0.1) is 0 Å². The number of hydrogen-bond donors (Lipinski definition) is 1. The van der Waals surface area contributed by atoms with Gasteiger partial charge in [0, 0.05) is 15.6 Å². The first-order chi connectivity index (χ1) is 10.6. The molecule has 114 valence electrons. The summed E-state index contributed by atoms with van der Waals surface area (Å²) in [6.45, 7) is -0.441. The maximum Gasteiger partial charge on any atom is 0.325 e. The van der Waals surface area contributed by atoms with Gasteiger partial charge in [-0.25, -0.2) is 4.39 Å². The van der Waals surface area contributed by atoms with Crippen molar-refractivity contribution in [2.24, 2.45) is 0 Å². The number of esters is 1. The zero-order valence-corrected chi connectivity index (χ0v) is 13.1. The Kier molecular flexibility index (Phi) is 5.66. The molecule has 0 heterocycles. The number of carbonyl (C=O) groups excluding carboxylic acids is 2. The third-order valence-corrected chi connectivity index (χ3v) is 3.37. The van der Waals surface area contributed by atoms with Crippen LogP contribution in [0.2, 0.25) is 0 Å². The van der Waals surface area contributed by atoms with E-state index in [0.29, 0.717) is 5.56 Å². The molecule has 0 saturated heterocycles. The summed E-state index contributed by atoms with van der Waals surface area (Å²) in [6.07, 6.45) is 0. The fourth-order valence-electron chi connectivity index (χ4n) is 1.68. The van der Waals surface area contributed by atoms with Gasteiger partial charge in [-0.2, -0.15) is 0 Å². The average molecular weight is 366 g/mol. The van der Waals surface area contributed by atoms with E-state index in [1.807, 2.05) is 0 Å². The van der Waals surface area contributed by atoms with Crippen molar-refractivity contribution in [1.82, 2.24) is 5.32 Å². The molecule has 0 radical (unpaired) electrons. The number of ether oxygens (including phenoxy) is 1. The minimum Gasteiger partial charge on any atom is -0.459 e. The van der Waals surface area contributed by atoms with Gasteiger partial charge in [-0.05, 0) is 30.3 Å². The van der Waals surface area contributed by atoms with Crippen LogP contribution in [0.3, 0.4) is 0 Å². The summed E-state index contributed by atoms with van der Waals surface area (Å²) in [5, 5.41) is 2.45. The number of rotatable bonds is 5. The van der Waals surface area contributed by atoms with Crippen molar-refractivity contribution < 1.29 is 18.7 Å². The first-order valence-electron chi connectivity index (χ1n) is 6.49. The van der Waals surface area contributed by atoms with Crippen molar-refractivity contribution in [2.75, 3.05) is 6.54 Å². The van der Waals surface area contributed by atoms with Gasteiger partial charge in [0.1, 0.15) is 19.0 Å². The molecule has 2 aromatic carbocycles. The second-order valence-electron chi connectivity index (χ2n) is 4.44. The molecule has 6 heteroatoms. The van der Waals surface area contributed by atoms with Gasteiger partial charge in [0.25, 0.3) is 5.91 Å². The van der Waals surface area contributed by atoms with Crippen LogP contribution in [0, 0.1) is 5.82 Å². The summed E-state index contributed by atoms with van der Waals surface area (Å²) in [7, 11) is 0. The molecule has 2 rings (SSSR count). The molecule has 0 bridgehead atoms. The lowest BCUT2D eigenvalue weighted by Gasteiger charge is -2.07. The maximum absolute atomic E-state index is 13.3. The number of nitrogens with one attached hydrogen (secondary N) is 1. The highest BCUT2D eigenvalue weighted by molar-refractivity contribution is 9.10. The Hall–Kier alpha value is -2.21. The number of amides is 1. The molecule has 2 aromatic rings. The molecular weight excluding hydrogens is 353 g/mol. The maximum atomic E-state index is 13.3. The van der Waals surface area contributed by atoms with Crippen LogP contribution >= 0.6 is 15.9 Å². The molecule has 0 atom stereocenters. The Morgan fingerprint density at radius 2 is 1.77 bits per heavy atom. The van der Waals surface area contributed by atoms with Gasteiger partial charge in [0.2, 0.25) is 0 Å². The molecule has 4 nitrogen and oxygen atoms in total. The lowest BCUT2D eigenvalue weighted by Crippen LogP contribution is -2.30. The number of benzene rings is 2. The summed E-state index contributed by atoms with van der Waals surface area (Å²) in [5.74, 6) is -1.45. The number of halogens is 2. The van der Waals surface area contributed by atoms with Crippen molar-refractivity contribution >= 4 is 27.8 Å². The van der Waals surface area contributed by atoms with Gasteiger partial charge in [0.15, 0.2) is 0 Å². The van der Waals surface area contributed by atoms with Crippen LogP contribution in [0.1, 0.15) is 15.9 Å². The fourth-order valence-corrected chi connectivity index (χ4v) is 1.94. The molecule has 0 fully saturated rings. The lowest BCUT2D eigenvalue weighted by molar-refractivity contribution is -0.143. The quantitative estimate of drug-likeness (QED) is 0.828. The van der Waals surface area contributed by atoms with Gasteiger partial charge in [-0.1, -0.05) is 34.1 Å². The Bertz CT molecular complexity index is 673. The highest BCUT2D eigenvalue weighted by Gasteiger charge is 2.10. The lowest BCUT2D eigenvalue weighted by atomic mass is 10.2. The van der Waals surface area contributed by atoms with E-state index in [9.17, 15) is 14.0 Å². The van der Waals surface area contributed by atoms with Crippen LogP contribution < -0.4 is 5.32 Å². The van der Waals surface area contributed by atoms with Crippen LogP contribution in [0.5, 0.6) is 0 Å². The molecule has 0 aliphatic heterocycles. The van der Waals surface area contributed by atoms with Crippen LogP contribution in [-0.4, -0.2) is 18.4 Å². The summed E-state index contributed by atoms with van der Waals surface area (Å²) >= 11 is 3.27. The van der Waals surface area contributed by atoms with Crippen molar-refractivity contribution in [3.05, 3.63) is 69.9 Å². The zero-order valence-electron chi connectivity index (χ0n) is 11.5. The van der Waals surface area contributed by atoms with E-state index in [4.69, 9.17) is 4.74 Å². The third-order valence-electron chi connectivity index (χ3n) is 2.85. The van der Waals surface area contributed by atoms with Crippen LogP contribution in [0.15, 0.2) is 53.0 Å². The van der Waals surface area contributed by atoms with Gasteiger partial charge in [0.05, 0.1) is 0 Å².